The van der Waals surface area contributed by atoms with Gasteiger partial charge < -0.3 is 25.8 Å². The molecule has 1 saturated heterocycles. The molecule has 12 heavy (non-hydrogen) atoms. The molecule has 1 heterocycles. The quantitative estimate of drug-likeness (QED) is 0.358. The van der Waals surface area contributed by atoms with Crippen LogP contribution in [0.25, 0.3) is 0 Å². The first-order valence-electron chi connectivity index (χ1n) is 3.49. The van der Waals surface area contributed by atoms with E-state index in [0.717, 1.165) is 0 Å². The van der Waals surface area contributed by atoms with E-state index in [-0.39, 0.29) is 6.61 Å². The van der Waals surface area contributed by atoms with E-state index in [1.54, 1.807) is 0 Å². The third-order valence-electron chi connectivity index (χ3n) is 1.79. The van der Waals surface area contributed by atoms with Crippen molar-refractivity contribution in [2.24, 2.45) is 5.73 Å². The van der Waals surface area contributed by atoms with Crippen LogP contribution in [0.15, 0.2) is 0 Å². The Morgan fingerprint density at radius 2 is 2.17 bits per heavy atom. The molecular formula is C6H11NO5. The maximum atomic E-state index is 10.4. The van der Waals surface area contributed by atoms with Crippen LogP contribution >= 0.6 is 0 Å². The normalized spacial score (nSPS) is 38.1. The molecule has 0 spiro atoms. The molecule has 1 aliphatic rings. The molecule has 1 aliphatic heterocycles. The number of carbonyl (C=O) groups excluding carboxylic acids is 1. The summed E-state index contributed by atoms with van der Waals surface area (Å²) < 4.78 is 4.75. The molecule has 1 amide bonds. The lowest BCUT2D eigenvalue weighted by molar-refractivity contribution is -0.136. The Morgan fingerprint density at radius 1 is 1.58 bits per heavy atom. The van der Waals surface area contributed by atoms with Gasteiger partial charge in [0.05, 0.1) is 6.61 Å². The van der Waals surface area contributed by atoms with E-state index in [1.807, 2.05) is 0 Å². The van der Waals surface area contributed by atoms with Crippen LogP contribution in [0.4, 0.5) is 0 Å². The third kappa shape index (κ3) is 1.56. The predicted octanol–water partition coefficient (Wildman–Crippen LogP) is -3.05. The lowest BCUT2D eigenvalue weighted by Gasteiger charge is -2.17. The minimum absolute atomic E-state index is 0.101. The molecule has 4 unspecified atom stereocenters. The second-order valence-corrected chi connectivity index (χ2v) is 2.70. The average molecular weight is 177 g/mol. The zero-order valence-electron chi connectivity index (χ0n) is 6.25. The summed E-state index contributed by atoms with van der Waals surface area (Å²) in [6.07, 6.45) is -5.01. The fourth-order valence-electron chi connectivity index (χ4n) is 1.07. The van der Waals surface area contributed by atoms with Gasteiger partial charge in [-0.1, -0.05) is 0 Å². The highest BCUT2D eigenvalue weighted by Crippen LogP contribution is 2.17. The minimum atomic E-state index is -1.57. The van der Waals surface area contributed by atoms with Crippen molar-refractivity contribution in [1.82, 2.24) is 0 Å². The van der Waals surface area contributed by atoms with Crippen LogP contribution in [0, 0.1) is 0 Å². The zero-order valence-corrected chi connectivity index (χ0v) is 6.25. The third-order valence-corrected chi connectivity index (χ3v) is 1.79. The molecule has 6 nitrogen and oxygen atoms in total. The number of rotatable bonds is 2. The van der Waals surface area contributed by atoms with Crippen LogP contribution in [-0.4, -0.2) is 52.2 Å². The topological polar surface area (TPSA) is 113 Å². The van der Waals surface area contributed by atoms with Gasteiger partial charge in [-0.15, -0.1) is 0 Å². The van der Waals surface area contributed by atoms with Gasteiger partial charge >= 0.3 is 0 Å². The minimum Gasteiger partial charge on any atom is -0.388 e. The van der Waals surface area contributed by atoms with E-state index >= 15 is 0 Å². The highest BCUT2D eigenvalue weighted by atomic mass is 16.5. The maximum Gasteiger partial charge on any atom is 0.249 e. The summed E-state index contributed by atoms with van der Waals surface area (Å²) in [5.74, 6) is -0.979. The fraction of sp³-hybridized carbons (Fsp3) is 0.833. The van der Waals surface area contributed by atoms with Crippen LogP contribution in [-0.2, 0) is 9.53 Å². The summed E-state index contributed by atoms with van der Waals surface area (Å²) in [5, 5.41) is 27.1. The van der Waals surface area contributed by atoms with Gasteiger partial charge in [0.15, 0.2) is 6.10 Å². The van der Waals surface area contributed by atoms with Crippen molar-refractivity contribution >= 4 is 5.91 Å². The van der Waals surface area contributed by atoms with Crippen LogP contribution in [0.1, 0.15) is 0 Å². The number of carbonyl (C=O) groups is 1. The standard InChI is InChI=1S/C6H11NO5/c7-6(11)4(10)5-3(9)2(8)1-12-5/h2-5,8-10H,1H2,(H2,7,11). The van der Waals surface area contributed by atoms with Gasteiger partial charge in [0.1, 0.15) is 18.3 Å². The first-order valence-corrected chi connectivity index (χ1v) is 3.49. The Hall–Kier alpha value is -0.690. The largest absolute Gasteiger partial charge is 0.388 e. The van der Waals surface area contributed by atoms with Gasteiger partial charge in [-0.05, 0) is 0 Å². The Morgan fingerprint density at radius 3 is 2.50 bits per heavy atom. The molecule has 0 bridgehead atoms. The lowest BCUT2D eigenvalue weighted by Crippen LogP contribution is -2.45. The molecule has 0 aliphatic carbocycles. The SMILES string of the molecule is NC(=O)C(O)C1OCC(O)C1O. The molecule has 4 atom stereocenters. The molecule has 5 N–H and O–H groups in total. The molecule has 0 aromatic heterocycles. The van der Waals surface area contributed by atoms with E-state index in [4.69, 9.17) is 25.8 Å². The Kier molecular flexibility index (Phi) is 2.63. The summed E-state index contributed by atoms with van der Waals surface area (Å²) >= 11 is 0. The number of aliphatic hydroxyl groups is 3. The van der Waals surface area contributed by atoms with Crippen molar-refractivity contribution in [2.75, 3.05) is 6.61 Å². The van der Waals surface area contributed by atoms with Crippen LogP contribution in [0.3, 0.4) is 0 Å². The monoisotopic (exact) mass is 177 g/mol. The number of primary amides is 1. The number of hydrogen-bond acceptors (Lipinski definition) is 5. The Labute approximate surface area is 68.6 Å². The second kappa shape index (κ2) is 3.36. The highest BCUT2D eigenvalue weighted by molar-refractivity contribution is 5.79. The van der Waals surface area contributed by atoms with Crippen LogP contribution < -0.4 is 5.73 Å². The Bertz CT molecular complexity index is 185. The number of amides is 1. The first-order chi connectivity index (χ1) is 5.54. The zero-order chi connectivity index (χ0) is 9.30. The second-order valence-electron chi connectivity index (χ2n) is 2.70. The van der Waals surface area contributed by atoms with Crippen molar-refractivity contribution < 1.29 is 24.9 Å². The fourth-order valence-corrected chi connectivity index (χ4v) is 1.07. The molecule has 0 saturated carbocycles. The molecule has 70 valence electrons. The van der Waals surface area contributed by atoms with Crippen LogP contribution in [0.2, 0.25) is 0 Å². The first kappa shape index (κ1) is 9.40. The average Bonchev–Trinajstić information content (AvgIpc) is 2.32. The van der Waals surface area contributed by atoms with Crippen molar-refractivity contribution in [2.45, 2.75) is 24.4 Å². The molecular weight excluding hydrogens is 166 g/mol. The molecule has 0 aromatic carbocycles. The van der Waals surface area contributed by atoms with Crippen molar-refractivity contribution in [1.29, 1.82) is 0 Å². The molecule has 6 heteroatoms. The van der Waals surface area contributed by atoms with Crippen molar-refractivity contribution in [3.63, 3.8) is 0 Å². The van der Waals surface area contributed by atoms with Gasteiger partial charge in [0.2, 0.25) is 5.91 Å². The lowest BCUT2D eigenvalue weighted by atomic mass is 10.1. The summed E-state index contributed by atoms with van der Waals surface area (Å²) in [4.78, 5) is 10.4. The van der Waals surface area contributed by atoms with Crippen molar-refractivity contribution in [3.05, 3.63) is 0 Å². The smallest absolute Gasteiger partial charge is 0.249 e. The molecule has 1 fully saturated rings. The van der Waals surface area contributed by atoms with Gasteiger partial charge in [0, 0.05) is 0 Å². The summed E-state index contributed by atoms with van der Waals surface area (Å²) in [5.41, 5.74) is 4.76. The molecule has 1 rings (SSSR count). The van der Waals surface area contributed by atoms with Gasteiger partial charge in [0.25, 0.3) is 0 Å². The van der Waals surface area contributed by atoms with Gasteiger partial charge in [-0.2, -0.15) is 0 Å². The van der Waals surface area contributed by atoms with Crippen LogP contribution in [0.5, 0.6) is 0 Å². The van der Waals surface area contributed by atoms with E-state index < -0.39 is 30.3 Å². The van der Waals surface area contributed by atoms with E-state index in [1.165, 1.54) is 0 Å². The maximum absolute atomic E-state index is 10.4. The van der Waals surface area contributed by atoms with E-state index in [9.17, 15) is 4.79 Å². The van der Waals surface area contributed by atoms with Gasteiger partial charge in [-0.25, -0.2) is 0 Å². The van der Waals surface area contributed by atoms with E-state index in [2.05, 4.69) is 0 Å². The summed E-state index contributed by atoms with van der Waals surface area (Å²) in [7, 11) is 0. The summed E-state index contributed by atoms with van der Waals surface area (Å²) in [6, 6.07) is 0. The Balaban J connectivity index is 2.59. The molecule has 0 aromatic rings. The highest BCUT2D eigenvalue weighted by Gasteiger charge is 2.41. The molecule has 0 radical (unpaired) electrons. The van der Waals surface area contributed by atoms with E-state index in [0.29, 0.717) is 0 Å². The van der Waals surface area contributed by atoms with Gasteiger partial charge in [-0.3, -0.25) is 4.79 Å². The summed E-state index contributed by atoms with van der Waals surface area (Å²) in [6.45, 7) is -0.101. The van der Waals surface area contributed by atoms with Crippen molar-refractivity contribution in [3.8, 4) is 0 Å². The predicted molar refractivity (Wildman–Crippen MR) is 37.0 cm³/mol. The number of ether oxygens (including phenoxy) is 1. The number of aliphatic hydroxyl groups excluding tert-OH is 3. The number of nitrogens with two attached hydrogens (primary N) is 1. The number of hydrogen-bond donors (Lipinski definition) is 4.